The minimum atomic E-state index is -0.422. The molecule has 0 saturated heterocycles. The number of benzene rings is 1. The Morgan fingerprint density at radius 3 is 2.33 bits per heavy atom. The Morgan fingerprint density at radius 2 is 1.83 bits per heavy atom. The fourth-order valence-corrected chi connectivity index (χ4v) is 1.89. The third-order valence-electron chi connectivity index (χ3n) is 2.52. The summed E-state index contributed by atoms with van der Waals surface area (Å²) in [4.78, 5) is 22.0. The van der Waals surface area contributed by atoms with Crippen molar-refractivity contribution in [1.82, 2.24) is 5.32 Å². The lowest BCUT2D eigenvalue weighted by Gasteiger charge is -2.14. The molecule has 0 radical (unpaired) electrons. The average molecular weight is 314 g/mol. The van der Waals surface area contributed by atoms with Gasteiger partial charge in [-0.3, -0.25) is 9.59 Å². The molecule has 5 nitrogen and oxygen atoms in total. The van der Waals surface area contributed by atoms with Gasteiger partial charge in [0.2, 0.25) is 11.8 Å². The van der Waals surface area contributed by atoms with Crippen LogP contribution < -0.4 is 16.8 Å². The summed E-state index contributed by atoms with van der Waals surface area (Å²) >= 11 is 3.33. The van der Waals surface area contributed by atoms with Gasteiger partial charge in [0.05, 0.1) is 12.5 Å². The first-order valence-electron chi connectivity index (χ1n) is 5.54. The van der Waals surface area contributed by atoms with Crippen LogP contribution in [0.4, 0.5) is 0 Å². The Hall–Kier alpha value is -1.40. The highest BCUT2D eigenvalue weighted by molar-refractivity contribution is 9.10. The molecule has 1 aromatic rings. The molecule has 0 aliphatic carbocycles. The molecular weight excluding hydrogens is 298 g/mol. The van der Waals surface area contributed by atoms with E-state index in [1.807, 2.05) is 24.3 Å². The molecule has 0 unspecified atom stereocenters. The van der Waals surface area contributed by atoms with Gasteiger partial charge in [0.1, 0.15) is 0 Å². The number of hydrogen-bond acceptors (Lipinski definition) is 3. The number of rotatable bonds is 7. The second kappa shape index (κ2) is 7.13. The van der Waals surface area contributed by atoms with Gasteiger partial charge in [0, 0.05) is 4.47 Å². The van der Waals surface area contributed by atoms with Crippen molar-refractivity contribution in [3.05, 3.63) is 34.3 Å². The molecule has 0 aliphatic rings. The van der Waals surface area contributed by atoms with E-state index in [-0.39, 0.29) is 18.4 Å². The molecule has 0 spiro atoms. The first kappa shape index (κ1) is 14.7. The molecule has 0 saturated carbocycles. The van der Waals surface area contributed by atoms with E-state index in [1.165, 1.54) is 0 Å². The molecule has 0 aromatic heterocycles. The molecule has 2 amide bonds. The molecule has 1 atom stereocenters. The van der Waals surface area contributed by atoms with Gasteiger partial charge in [-0.05, 0) is 30.7 Å². The van der Waals surface area contributed by atoms with E-state index in [1.54, 1.807) is 0 Å². The van der Waals surface area contributed by atoms with E-state index >= 15 is 0 Å². The van der Waals surface area contributed by atoms with Crippen molar-refractivity contribution in [2.75, 3.05) is 13.1 Å². The van der Waals surface area contributed by atoms with E-state index in [2.05, 4.69) is 21.2 Å². The number of primary amides is 2. The molecule has 98 valence electrons. The first-order chi connectivity index (χ1) is 8.50. The lowest BCUT2D eigenvalue weighted by atomic mass is 9.95. The van der Waals surface area contributed by atoms with Crippen LogP contribution in [-0.4, -0.2) is 24.9 Å². The smallest absolute Gasteiger partial charge is 0.231 e. The predicted molar refractivity (Wildman–Crippen MR) is 72.8 cm³/mol. The second-order valence-corrected chi connectivity index (χ2v) is 4.85. The predicted octanol–water partition coefficient (Wildman–Crippen LogP) is 0.483. The molecule has 0 aliphatic heterocycles. The Kier molecular flexibility index (Phi) is 5.80. The van der Waals surface area contributed by atoms with Crippen LogP contribution in [0.25, 0.3) is 0 Å². The molecule has 0 heterocycles. The zero-order valence-corrected chi connectivity index (χ0v) is 11.4. The van der Waals surface area contributed by atoms with Crippen LogP contribution in [0.3, 0.4) is 0 Å². The molecule has 0 bridgehead atoms. The maximum Gasteiger partial charge on any atom is 0.231 e. The molecule has 5 N–H and O–H groups in total. The fourth-order valence-electron chi connectivity index (χ4n) is 1.63. The quantitative estimate of drug-likeness (QED) is 0.639. The van der Waals surface area contributed by atoms with Gasteiger partial charge in [-0.2, -0.15) is 0 Å². The van der Waals surface area contributed by atoms with Gasteiger partial charge in [0.25, 0.3) is 0 Å². The topological polar surface area (TPSA) is 98.2 Å². The molecule has 1 rings (SSSR count). The minimum absolute atomic E-state index is 0.103. The van der Waals surface area contributed by atoms with Crippen LogP contribution in [0.5, 0.6) is 0 Å². The van der Waals surface area contributed by atoms with E-state index in [4.69, 9.17) is 11.5 Å². The number of amides is 2. The molecule has 1 aromatic carbocycles. The number of halogens is 1. The second-order valence-electron chi connectivity index (χ2n) is 3.94. The molecular formula is C12H16BrN3O2. The van der Waals surface area contributed by atoms with Gasteiger partial charge >= 0.3 is 0 Å². The van der Waals surface area contributed by atoms with Crippen molar-refractivity contribution in [2.24, 2.45) is 11.5 Å². The summed E-state index contributed by atoms with van der Waals surface area (Å²) < 4.78 is 0.946. The SMILES string of the molecule is NC(=O)CNCC[C@@H](C(N)=O)c1ccc(Br)cc1. The van der Waals surface area contributed by atoms with Crippen LogP contribution in [0, 0.1) is 0 Å². The number of nitrogens with two attached hydrogens (primary N) is 2. The minimum Gasteiger partial charge on any atom is -0.369 e. The Balaban J connectivity index is 2.57. The van der Waals surface area contributed by atoms with Crippen molar-refractivity contribution in [1.29, 1.82) is 0 Å². The summed E-state index contributed by atoms with van der Waals surface area (Å²) in [5.74, 6) is -1.16. The standard InChI is InChI=1S/C12H16BrN3O2/c13-9-3-1-8(2-4-9)10(12(15)18)5-6-16-7-11(14)17/h1-4,10,16H,5-7H2,(H2,14,17)(H2,15,18)/t10-/m1/s1. The summed E-state index contributed by atoms with van der Waals surface area (Å²) in [6.07, 6.45) is 0.532. The van der Waals surface area contributed by atoms with E-state index < -0.39 is 5.91 Å². The summed E-state index contributed by atoms with van der Waals surface area (Å²) in [6, 6.07) is 7.44. The first-order valence-corrected chi connectivity index (χ1v) is 6.34. The largest absolute Gasteiger partial charge is 0.369 e. The summed E-state index contributed by atoms with van der Waals surface area (Å²) in [7, 11) is 0. The van der Waals surface area contributed by atoms with Crippen molar-refractivity contribution >= 4 is 27.7 Å². The third-order valence-corrected chi connectivity index (χ3v) is 3.05. The van der Waals surface area contributed by atoms with Crippen LogP contribution in [0.1, 0.15) is 17.9 Å². The Labute approximate surface area is 114 Å². The van der Waals surface area contributed by atoms with Gasteiger partial charge in [-0.25, -0.2) is 0 Å². The van der Waals surface area contributed by atoms with Gasteiger partial charge < -0.3 is 16.8 Å². The van der Waals surface area contributed by atoms with Gasteiger partial charge in [-0.1, -0.05) is 28.1 Å². The summed E-state index contributed by atoms with van der Waals surface area (Å²) in [5.41, 5.74) is 11.2. The highest BCUT2D eigenvalue weighted by atomic mass is 79.9. The van der Waals surface area contributed by atoms with Crippen molar-refractivity contribution in [3.8, 4) is 0 Å². The Morgan fingerprint density at radius 1 is 1.22 bits per heavy atom. The maximum atomic E-state index is 11.4. The average Bonchev–Trinajstić information content (AvgIpc) is 2.30. The van der Waals surface area contributed by atoms with Crippen molar-refractivity contribution in [2.45, 2.75) is 12.3 Å². The summed E-state index contributed by atoms with van der Waals surface area (Å²) in [5, 5.41) is 2.86. The summed E-state index contributed by atoms with van der Waals surface area (Å²) in [6.45, 7) is 0.610. The van der Waals surface area contributed by atoms with E-state index in [0.717, 1.165) is 10.0 Å². The normalized spacial score (nSPS) is 12.1. The third kappa shape index (κ3) is 4.85. The lowest BCUT2D eigenvalue weighted by Crippen LogP contribution is -2.31. The van der Waals surface area contributed by atoms with E-state index in [0.29, 0.717) is 13.0 Å². The van der Waals surface area contributed by atoms with Crippen molar-refractivity contribution < 1.29 is 9.59 Å². The lowest BCUT2D eigenvalue weighted by molar-refractivity contribution is -0.119. The van der Waals surface area contributed by atoms with E-state index in [9.17, 15) is 9.59 Å². The molecule has 18 heavy (non-hydrogen) atoms. The number of nitrogens with one attached hydrogen (secondary N) is 1. The number of carbonyl (C=O) groups is 2. The van der Waals surface area contributed by atoms with Crippen LogP contribution in [0.2, 0.25) is 0 Å². The zero-order valence-electron chi connectivity index (χ0n) is 9.86. The monoisotopic (exact) mass is 313 g/mol. The van der Waals surface area contributed by atoms with Gasteiger partial charge in [-0.15, -0.1) is 0 Å². The van der Waals surface area contributed by atoms with Crippen molar-refractivity contribution in [3.63, 3.8) is 0 Å². The Bertz CT molecular complexity index is 420. The number of carbonyl (C=O) groups excluding carboxylic acids is 2. The van der Waals surface area contributed by atoms with Gasteiger partial charge in [0.15, 0.2) is 0 Å². The van der Waals surface area contributed by atoms with Crippen LogP contribution in [0.15, 0.2) is 28.7 Å². The molecule has 6 heteroatoms. The molecule has 0 fully saturated rings. The van der Waals surface area contributed by atoms with Crippen LogP contribution in [-0.2, 0) is 9.59 Å². The zero-order chi connectivity index (χ0) is 13.5. The van der Waals surface area contributed by atoms with Crippen LogP contribution >= 0.6 is 15.9 Å². The fraction of sp³-hybridized carbons (Fsp3) is 0.333. The highest BCUT2D eigenvalue weighted by Crippen LogP contribution is 2.21. The number of hydrogen-bond donors (Lipinski definition) is 3. The highest BCUT2D eigenvalue weighted by Gasteiger charge is 2.17. The maximum absolute atomic E-state index is 11.4.